The van der Waals surface area contributed by atoms with Crippen LogP contribution in [0.4, 0.5) is 0 Å². The van der Waals surface area contributed by atoms with Gasteiger partial charge in [-0.15, -0.1) is 0 Å². The maximum Gasteiger partial charge on any atom is 0.223 e. The predicted octanol–water partition coefficient (Wildman–Crippen LogP) is 3.21. The Morgan fingerprint density at radius 1 is 1.25 bits per heavy atom. The molecule has 20 heavy (non-hydrogen) atoms. The number of carbonyl (C=O) groups excluding carboxylic acids is 1. The van der Waals surface area contributed by atoms with Crippen molar-refractivity contribution < 1.29 is 9.53 Å². The van der Waals surface area contributed by atoms with E-state index in [1.807, 2.05) is 11.0 Å². The Bertz CT molecular complexity index is 399. The van der Waals surface area contributed by atoms with Gasteiger partial charge in [0, 0.05) is 19.5 Å². The molecule has 0 spiro atoms. The van der Waals surface area contributed by atoms with Gasteiger partial charge in [-0.25, -0.2) is 0 Å². The van der Waals surface area contributed by atoms with E-state index in [9.17, 15) is 4.79 Å². The molecule has 0 saturated carbocycles. The lowest BCUT2D eigenvalue weighted by atomic mass is 9.90. The molecule has 1 atom stereocenters. The zero-order chi connectivity index (χ0) is 14.2. The van der Waals surface area contributed by atoms with Gasteiger partial charge in [0.2, 0.25) is 5.91 Å². The minimum absolute atomic E-state index is 0.276. The fourth-order valence-corrected chi connectivity index (χ4v) is 2.71. The van der Waals surface area contributed by atoms with E-state index >= 15 is 0 Å². The van der Waals surface area contributed by atoms with Crippen molar-refractivity contribution >= 4 is 5.91 Å². The summed E-state index contributed by atoms with van der Waals surface area (Å²) in [5, 5.41) is 0. The van der Waals surface area contributed by atoms with Crippen molar-refractivity contribution in [3.8, 4) is 0 Å². The predicted molar refractivity (Wildman–Crippen MR) is 80.7 cm³/mol. The van der Waals surface area contributed by atoms with Gasteiger partial charge in [-0.1, -0.05) is 50.1 Å². The first-order valence-corrected chi connectivity index (χ1v) is 7.71. The normalized spacial score (nSPS) is 16.9. The van der Waals surface area contributed by atoms with Crippen molar-refractivity contribution in [2.75, 3.05) is 26.3 Å². The van der Waals surface area contributed by atoms with Crippen molar-refractivity contribution in [1.29, 1.82) is 0 Å². The minimum atomic E-state index is 0.276. The topological polar surface area (TPSA) is 29.5 Å². The lowest BCUT2D eigenvalue weighted by Crippen LogP contribution is -2.41. The van der Waals surface area contributed by atoms with Gasteiger partial charge in [0.1, 0.15) is 0 Å². The molecule has 3 heteroatoms. The van der Waals surface area contributed by atoms with Crippen LogP contribution in [0.5, 0.6) is 0 Å². The summed E-state index contributed by atoms with van der Waals surface area (Å²) >= 11 is 0. The van der Waals surface area contributed by atoms with Crippen molar-refractivity contribution in [2.24, 2.45) is 0 Å². The molecule has 1 aliphatic rings. The number of hydrogen-bond donors (Lipinski definition) is 0. The van der Waals surface area contributed by atoms with Crippen LogP contribution in [0, 0.1) is 0 Å². The molecule has 110 valence electrons. The molecule has 1 saturated heterocycles. The van der Waals surface area contributed by atoms with Crippen LogP contribution in [0.1, 0.15) is 44.1 Å². The highest BCUT2D eigenvalue weighted by Gasteiger charge is 2.21. The summed E-state index contributed by atoms with van der Waals surface area (Å²) in [6.45, 7) is 5.04. The van der Waals surface area contributed by atoms with Gasteiger partial charge in [-0.3, -0.25) is 4.79 Å². The highest BCUT2D eigenvalue weighted by atomic mass is 16.5. The zero-order valence-corrected chi connectivity index (χ0v) is 12.4. The number of hydrogen-bond acceptors (Lipinski definition) is 2. The number of amides is 1. The number of morpholine rings is 1. The van der Waals surface area contributed by atoms with Crippen LogP contribution >= 0.6 is 0 Å². The quantitative estimate of drug-likeness (QED) is 0.798. The second-order valence-corrected chi connectivity index (χ2v) is 5.45. The van der Waals surface area contributed by atoms with Crippen molar-refractivity contribution in [3.63, 3.8) is 0 Å². The summed E-state index contributed by atoms with van der Waals surface area (Å²) in [6.07, 6.45) is 4.08. The number of ether oxygens (including phenoxy) is 1. The Hall–Kier alpha value is -1.35. The molecule has 0 aliphatic carbocycles. The maximum atomic E-state index is 12.4. The fourth-order valence-electron chi connectivity index (χ4n) is 2.71. The molecular weight excluding hydrogens is 250 g/mol. The standard InChI is InChI=1S/C17H25NO2/c1-2-3-7-16(15-8-5-4-6-9-15)14-17(19)18-10-12-20-13-11-18/h4-6,8-9,16H,2-3,7,10-14H2,1H3/t16-/m1/s1. The minimum Gasteiger partial charge on any atom is -0.378 e. The molecule has 3 nitrogen and oxygen atoms in total. The molecule has 1 aromatic rings. The summed E-state index contributed by atoms with van der Waals surface area (Å²) in [5.74, 6) is 0.629. The van der Waals surface area contributed by atoms with Gasteiger partial charge in [-0.05, 0) is 17.9 Å². The first-order chi connectivity index (χ1) is 9.81. The first kappa shape index (κ1) is 15.0. The van der Waals surface area contributed by atoms with Gasteiger partial charge in [0.15, 0.2) is 0 Å². The summed E-state index contributed by atoms with van der Waals surface area (Å²) < 4.78 is 5.31. The Morgan fingerprint density at radius 2 is 1.95 bits per heavy atom. The third-order valence-corrected chi connectivity index (χ3v) is 3.96. The molecule has 1 amide bonds. The number of unbranched alkanes of at least 4 members (excludes halogenated alkanes) is 1. The molecule has 0 aromatic heterocycles. The molecular formula is C17H25NO2. The van der Waals surface area contributed by atoms with Crippen molar-refractivity contribution in [1.82, 2.24) is 4.90 Å². The highest BCUT2D eigenvalue weighted by molar-refractivity contribution is 5.77. The summed E-state index contributed by atoms with van der Waals surface area (Å²) in [6, 6.07) is 10.4. The second-order valence-electron chi connectivity index (χ2n) is 5.45. The summed E-state index contributed by atoms with van der Waals surface area (Å²) in [5.41, 5.74) is 1.29. The van der Waals surface area contributed by atoms with Crippen LogP contribution < -0.4 is 0 Å². The van der Waals surface area contributed by atoms with Crippen LogP contribution in [0.2, 0.25) is 0 Å². The highest BCUT2D eigenvalue weighted by Crippen LogP contribution is 2.26. The van der Waals surface area contributed by atoms with Crippen LogP contribution in [0.15, 0.2) is 30.3 Å². The third-order valence-electron chi connectivity index (χ3n) is 3.96. The van der Waals surface area contributed by atoms with E-state index in [-0.39, 0.29) is 5.91 Å². The summed E-state index contributed by atoms with van der Waals surface area (Å²) in [7, 11) is 0. The molecule has 0 bridgehead atoms. The molecule has 0 radical (unpaired) electrons. The smallest absolute Gasteiger partial charge is 0.223 e. The monoisotopic (exact) mass is 275 g/mol. The van der Waals surface area contributed by atoms with E-state index < -0.39 is 0 Å². The number of carbonyl (C=O) groups is 1. The van der Waals surface area contributed by atoms with Gasteiger partial charge >= 0.3 is 0 Å². The van der Waals surface area contributed by atoms with E-state index in [1.54, 1.807) is 0 Å². The first-order valence-electron chi connectivity index (χ1n) is 7.71. The van der Waals surface area contributed by atoms with Crippen LogP contribution in [0.25, 0.3) is 0 Å². The van der Waals surface area contributed by atoms with Crippen molar-refractivity contribution in [3.05, 3.63) is 35.9 Å². The van der Waals surface area contributed by atoms with E-state index in [4.69, 9.17) is 4.74 Å². The molecule has 0 N–H and O–H groups in total. The Labute approximate surface area is 121 Å². The van der Waals surface area contributed by atoms with Gasteiger partial charge < -0.3 is 9.64 Å². The average molecular weight is 275 g/mol. The van der Waals surface area contributed by atoms with Gasteiger partial charge in [-0.2, -0.15) is 0 Å². The molecule has 1 aromatic carbocycles. The van der Waals surface area contributed by atoms with E-state index in [0.717, 1.165) is 19.5 Å². The van der Waals surface area contributed by atoms with Crippen LogP contribution in [-0.2, 0) is 9.53 Å². The Kier molecular flexibility index (Phi) is 6.06. The summed E-state index contributed by atoms with van der Waals surface area (Å²) in [4.78, 5) is 14.4. The maximum absolute atomic E-state index is 12.4. The molecule has 0 unspecified atom stereocenters. The SMILES string of the molecule is CCCC[C@H](CC(=O)N1CCOCC1)c1ccccc1. The second kappa shape index (κ2) is 8.05. The lowest BCUT2D eigenvalue weighted by molar-refractivity contribution is -0.135. The van der Waals surface area contributed by atoms with Gasteiger partial charge in [0.05, 0.1) is 13.2 Å². The fraction of sp³-hybridized carbons (Fsp3) is 0.588. The van der Waals surface area contributed by atoms with Crippen molar-refractivity contribution in [2.45, 2.75) is 38.5 Å². The van der Waals surface area contributed by atoms with E-state index in [1.165, 1.54) is 18.4 Å². The number of nitrogens with zero attached hydrogens (tertiary/aromatic N) is 1. The Balaban J connectivity index is 1.97. The molecule has 1 aliphatic heterocycles. The zero-order valence-electron chi connectivity index (χ0n) is 12.4. The van der Waals surface area contributed by atoms with E-state index in [2.05, 4.69) is 31.2 Å². The molecule has 2 rings (SSSR count). The average Bonchev–Trinajstić information content (AvgIpc) is 2.53. The number of benzene rings is 1. The lowest BCUT2D eigenvalue weighted by Gasteiger charge is -2.28. The number of rotatable bonds is 6. The van der Waals surface area contributed by atoms with E-state index in [0.29, 0.717) is 25.6 Å². The van der Waals surface area contributed by atoms with Crippen LogP contribution in [0.3, 0.4) is 0 Å². The third kappa shape index (κ3) is 4.34. The molecule has 1 heterocycles. The van der Waals surface area contributed by atoms with Gasteiger partial charge in [0.25, 0.3) is 0 Å². The Morgan fingerprint density at radius 3 is 2.60 bits per heavy atom. The van der Waals surface area contributed by atoms with Crippen LogP contribution in [-0.4, -0.2) is 37.1 Å². The molecule has 1 fully saturated rings. The largest absolute Gasteiger partial charge is 0.378 e.